The van der Waals surface area contributed by atoms with E-state index in [0.717, 1.165) is 40.5 Å². The van der Waals surface area contributed by atoms with Crippen LogP contribution in [-0.2, 0) is 5.54 Å². The maximum Gasteiger partial charge on any atom is 0.252 e. The number of nitrogens with one attached hydrogen (secondary N) is 1. The van der Waals surface area contributed by atoms with Gasteiger partial charge in [-0.05, 0) is 66.6 Å². The normalized spacial score (nSPS) is 14.6. The van der Waals surface area contributed by atoms with E-state index in [1.807, 2.05) is 43.5 Å². The van der Waals surface area contributed by atoms with Crippen molar-refractivity contribution in [3.05, 3.63) is 65.5 Å². The zero-order chi connectivity index (χ0) is 19.0. The molecule has 3 aromatic rings. The molecule has 0 saturated heterocycles. The molecular weight excluding hydrogens is 340 g/mol. The first kappa shape index (κ1) is 17.3. The summed E-state index contributed by atoms with van der Waals surface area (Å²) in [7, 11) is 3.25. The maximum atomic E-state index is 13.0. The highest BCUT2D eigenvalue weighted by molar-refractivity contribution is 5.97. The third-order valence-corrected chi connectivity index (χ3v) is 5.27. The number of methoxy groups -OCH3 is 2. The smallest absolute Gasteiger partial charge is 0.252 e. The molecule has 1 heterocycles. The van der Waals surface area contributed by atoms with E-state index < -0.39 is 0 Å². The summed E-state index contributed by atoms with van der Waals surface area (Å²) >= 11 is 0. The lowest BCUT2D eigenvalue weighted by Crippen LogP contribution is -2.35. The Morgan fingerprint density at radius 1 is 1.07 bits per heavy atom. The van der Waals surface area contributed by atoms with E-state index in [9.17, 15) is 4.79 Å². The molecule has 138 valence electrons. The van der Waals surface area contributed by atoms with E-state index in [2.05, 4.69) is 10.3 Å². The Kier molecular flexibility index (Phi) is 4.22. The lowest BCUT2D eigenvalue weighted by molar-refractivity contribution is 0.0930. The molecule has 0 spiro atoms. The maximum absolute atomic E-state index is 13.0. The molecular formula is C22H22N2O3. The number of hydrogen-bond donors (Lipinski definition) is 1. The van der Waals surface area contributed by atoms with Gasteiger partial charge in [0.25, 0.3) is 5.91 Å². The molecule has 5 heteroatoms. The molecule has 1 aromatic heterocycles. The molecule has 0 radical (unpaired) electrons. The molecule has 0 aliphatic heterocycles. The molecule has 1 aliphatic rings. The molecule has 0 unspecified atom stereocenters. The molecule has 2 aromatic carbocycles. The number of pyridine rings is 1. The van der Waals surface area contributed by atoms with Gasteiger partial charge in [-0.25, -0.2) is 0 Å². The number of aromatic nitrogens is 1. The van der Waals surface area contributed by atoms with Gasteiger partial charge in [-0.1, -0.05) is 6.07 Å². The van der Waals surface area contributed by atoms with Gasteiger partial charge in [0.15, 0.2) is 0 Å². The Bertz CT molecular complexity index is 1030. The van der Waals surface area contributed by atoms with Crippen LogP contribution in [0.1, 0.15) is 34.3 Å². The van der Waals surface area contributed by atoms with Gasteiger partial charge in [0, 0.05) is 23.3 Å². The van der Waals surface area contributed by atoms with Gasteiger partial charge in [-0.15, -0.1) is 0 Å². The fraction of sp³-hybridized carbons (Fsp3) is 0.273. The number of nitrogens with zero attached hydrogens (tertiary/aromatic N) is 1. The summed E-state index contributed by atoms with van der Waals surface area (Å²) in [6.07, 6.45) is 5.40. The molecule has 1 saturated carbocycles. The number of hydrogen-bond acceptors (Lipinski definition) is 4. The molecule has 5 nitrogen and oxygen atoms in total. The van der Waals surface area contributed by atoms with Crippen molar-refractivity contribution in [3.8, 4) is 11.5 Å². The second-order valence-corrected chi connectivity index (χ2v) is 6.99. The Morgan fingerprint density at radius 2 is 1.85 bits per heavy atom. The molecule has 1 aliphatic carbocycles. The number of ether oxygens (including phenoxy) is 2. The lowest BCUT2D eigenvalue weighted by atomic mass is 9.96. The highest BCUT2D eigenvalue weighted by Gasteiger charge is 2.47. The predicted octanol–water partition coefficient (Wildman–Crippen LogP) is 3.98. The van der Waals surface area contributed by atoms with Crippen molar-refractivity contribution >= 4 is 16.7 Å². The summed E-state index contributed by atoms with van der Waals surface area (Å²) in [5, 5.41) is 5.36. The van der Waals surface area contributed by atoms with Crippen LogP contribution in [0, 0.1) is 6.92 Å². The monoisotopic (exact) mass is 362 g/mol. The summed E-state index contributed by atoms with van der Waals surface area (Å²) in [6, 6.07) is 11.5. The Hall–Kier alpha value is -3.08. The zero-order valence-corrected chi connectivity index (χ0v) is 15.7. The average molecular weight is 362 g/mol. The quantitative estimate of drug-likeness (QED) is 0.746. The van der Waals surface area contributed by atoms with Crippen LogP contribution in [0.5, 0.6) is 11.5 Å². The van der Waals surface area contributed by atoms with Gasteiger partial charge in [0.2, 0.25) is 0 Å². The first-order chi connectivity index (χ1) is 13.1. The second kappa shape index (κ2) is 6.58. The van der Waals surface area contributed by atoms with Crippen molar-refractivity contribution in [1.82, 2.24) is 10.3 Å². The third-order valence-electron chi connectivity index (χ3n) is 5.27. The summed E-state index contributed by atoms with van der Waals surface area (Å²) in [4.78, 5) is 17.3. The highest BCUT2D eigenvalue weighted by Crippen LogP contribution is 2.49. The fourth-order valence-corrected chi connectivity index (χ4v) is 3.54. The van der Waals surface area contributed by atoms with E-state index in [1.54, 1.807) is 26.5 Å². The molecule has 1 N–H and O–H groups in total. The van der Waals surface area contributed by atoms with Crippen LogP contribution in [0.4, 0.5) is 0 Å². The van der Waals surface area contributed by atoms with Crippen molar-refractivity contribution in [2.45, 2.75) is 25.3 Å². The van der Waals surface area contributed by atoms with E-state index >= 15 is 0 Å². The molecule has 4 rings (SSSR count). The number of carbonyl (C=O) groups is 1. The van der Waals surface area contributed by atoms with Crippen LogP contribution < -0.4 is 14.8 Å². The number of amides is 1. The summed E-state index contributed by atoms with van der Waals surface area (Å²) < 4.78 is 10.7. The van der Waals surface area contributed by atoms with Crippen LogP contribution in [0.15, 0.2) is 48.8 Å². The van der Waals surface area contributed by atoms with Gasteiger partial charge in [-0.3, -0.25) is 9.78 Å². The standard InChI is InChI=1S/C22H22N2O3/c1-14-4-5-16(26-2)11-19(14)21(25)24-22(7-8-22)20-12-17(27-3)10-15-13-23-9-6-18(15)20/h4-6,9-13H,7-8H2,1-3H3,(H,24,25). The van der Waals surface area contributed by atoms with E-state index in [-0.39, 0.29) is 11.4 Å². The number of carbonyl (C=O) groups excluding carboxylic acids is 1. The predicted molar refractivity (Wildman–Crippen MR) is 104 cm³/mol. The minimum atomic E-state index is -0.374. The Morgan fingerprint density at radius 3 is 2.56 bits per heavy atom. The molecule has 1 fully saturated rings. The largest absolute Gasteiger partial charge is 0.497 e. The SMILES string of the molecule is COc1ccc(C)c(C(=O)NC2(c3cc(OC)cc4cnccc34)CC2)c1. The van der Waals surface area contributed by atoms with Crippen molar-refractivity contribution in [1.29, 1.82) is 0 Å². The van der Waals surface area contributed by atoms with Gasteiger partial charge in [-0.2, -0.15) is 0 Å². The Labute approximate surface area is 158 Å². The van der Waals surface area contributed by atoms with Crippen LogP contribution in [0.25, 0.3) is 10.8 Å². The van der Waals surface area contributed by atoms with Crippen LogP contribution >= 0.6 is 0 Å². The number of benzene rings is 2. The van der Waals surface area contributed by atoms with Crippen molar-refractivity contribution < 1.29 is 14.3 Å². The molecule has 0 atom stereocenters. The molecule has 27 heavy (non-hydrogen) atoms. The summed E-state index contributed by atoms with van der Waals surface area (Å²) in [5.74, 6) is 1.35. The summed E-state index contributed by atoms with van der Waals surface area (Å²) in [5.41, 5.74) is 2.26. The van der Waals surface area contributed by atoms with E-state index in [0.29, 0.717) is 11.3 Å². The van der Waals surface area contributed by atoms with Crippen LogP contribution in [-0.4, -0.2) is 25.1 Å². The van der Waals surface area contributed by atoms with Gasteiger partial charge in [0.1, 0.15) is 11.5 Å². The number of fused-ring (bicyclic) bond motifs is 1. The van der Waals surface area contributed by atoms with E-state index in [1.165, 1.54) is 0 Å². The van der Waals surface area contributed by atoms with Crippen LogP contribution in [0.2, 0.25) is 0 Å². The summed E-state index contributed by atoms with van der Waals surface area (Å²) in [6.45, 7) is 1.93. The van der Waals surface area contributed by atoms with Crippen molar-refractivity contribution in [2.75, 3.05) is 14.2 Å². The van der Waals surface area contributed by atoms with Crippen molar-refractivity contribution in [3.63, 3.8) is 0 Å². The Balaban J connectivity index is 1.73. The number of aryl methyl sites for hydroxylation is 1. The topological polar surface area (TPSA) is 60.5 Å². The first-order valence-electron chi connectivity index (χ1n) is 8.96. The van der Waals surface area contributed by atoms with E-state index in [4.69, 9.17) is 9.47 Å². The van der Waals surface area contributed by atoms with Gasteiger partial charge < -0.3 is 14.8 Å². The molecule has 0 bridgehead atoms. The number of rotatable bonds is 5. The molecule has 1 amide bonds. The van der Waals surface area contributed by atoms with Crippen molar-refractivity contribution in [2.24, 2.45) is 0 Å². The highest BCUT2D eigenvalue weighted by atomic mass is 16.5. The second-order valence-electron chi connectivity index (χ2n) is 6.99. The average Bonchev–Trinajstić information content (AvgIpc) is 3.47. The minimum Gasteiger partial charge on any atom is -0.497 e. The lowest BCUT2D eigenvalue weighted by Gasteiger charge is -2.21. The van der Waals surface area contributed by atoms with Crippen LogP contribution in [0.3, 0.4) is 0 Å². The third kappa shape index (κ3) is 3.10. The zero-order valence-electron chi connectivity index (χ0n) is 15.7. The van der Waals surface area contributed by atoms with Gasteiger partial charge in [0.05, 0.1) is 19.8 Å². The minimum absolute atomic E-state index is 0.0890. The van der Waals surface area contributed by atoms with Gasteiger partial charge >= 0.3 is 0 Å². The first-order valence-corrected chi connectivity index (χ1v) is 8.96. The fourth-order valence-electron chi connectivity index (χ4n) is 3.54.